The van der Waals surface area contributed by atoms with Crippen molar-refractivity contribution < 1.29 is 0 Å². The molecule has 5 fully saturated rings. The number of para-hydroxylation sites is 2. The minimum absolute atomic E-state index is 0.00695. The molecule has 0 N–H and O–H groups in total. The molecule has 2 nitrogen and oxygen atoms in total. The van der Waals surface area contributed by atoms with E-state index in [0.717, 1.165) is 17.8 Å². The van der Waals surface area contributed by atoms with Gasteiger partial charge in [0.05, 0.1) is 0 Å². The molecule has 2 heterocycles. The van der Waals surface area contributed by atoms with Gasteiger partial charge in [0.25, 0.3) is 6.71 Å². The zero-order valence-electron chi connectivity index (χ0n) is 38.7. The van der Waals surface area contributed by atoms with Crippen molar-refractivity contribution in [1.29, 1.82) is 0 Å². The number of hydrogen-bond acceptors (Lipinski definition) is 2. The molecule has 5 aliphatic carbocycles. The van der Waals surface area contributed by atoms with Crippen LogP contribution < -0.4 is 26.2 Å². The van der Waals surface area contributed by atoms with E-state index in [-0.39, 0.29) is 33.8 Å². The molecule has 0 amide bonds. The fourth-order valence-corrected chi connectivity index (χ4v) is 13.8. The molecule has 0 radical (unpaired) electrons. The van der Waals surface area contributed by atoms with E-state index in [2.05, 4.69) is 190 Å². The van der Waals surface area contributed by atoms with Crippen molar-refractivity contribution in [2.45, 2.75) is 149 Å². The summed E-state index contributed by atoms with van der Waals surface area (Å²) in [6.45, 7) is 28.7. The minimum Gasteiger partial charge on any atom is -0.311 e. The maximum atomic E-state index is 2.75. The first-order chi connectivity index (χ1) is 28.1. The Morgan fingerprint density at radius 3 is 1.40 bits per heavy atom. The van der Waals surface area contributed by atoms with E-state index in [0.29, 0.717) is 5.41 Å². The highest BCUT2D eigenvalue weighted by molar-refractivity contribution is 7.00. The maximum Gasteiger partial charge on any atom is 0.252 e. The van der Waals surface area contributed by atoms with Crippen LogP contribution in [-0.4, -0.2) is 6.71 Å². The van der Waals surface area contributed by atoms with E-state index in [1.807, 2.05) is 0 Å². The Kier molecular flexibility index (Phi) is 7.88. The highest BCUT2D eigenvalue weighted by Crippen LogP contribution is 2.78. The molecule has 5 saturated carbocycles. The molecule has 0 saturated heterocycles. The van der Waals surface area contributed by atoms with E-state index >= 15 is 0 Å². The van der Waals surface area contributed by atoms with Gasteiger partial charge in [-0.25, -0.2) is 0 Å². The van der Waals surface area contributed by atoms with Gasteiger partial charge in [-0.2, -0.15) is 0 Å². The molecule has 12 rings (SSSR count). The molecule has 7 aliphatic rings. The molecular formula is C57H67BN2. The van der Waals surface area contributed by atoms with Gasteiger partial charge in [0.2, 0.25) is 0 Å². The van der Waals surface area contributed by atoms with E-state index in [9.17, 15) is 0 Å². The number of nitrogens with zero attached hydrogens (tertiary/aromatic N) is 2. The van der Waals surface area contributed by atoms with Crippen molar-refractivity contribution >= 4 is 57.2 Å². The summed E-state index contributed by atoms with van der Waals surface area (Å²) in [6, 6.07) is 39.4. The lowest BCUT2D eigenvalue weighted by molar-refractivity contribution is -0.116. The Morgan fingerprint density at radius 2 is 0.950 bits per heavy atom. The van der Waals surface area contributed by atoms with Crippen LogP contribution in [0.5, 0.6) is 0 Å². The Morgan fingerprint density at radius 1 is 0.500 bits per heavy atom. The average Bonchev–Trinajstić information content (AvgIpc) is 3.32. The molecule has 0 aromatic heterocycles. The topological polar surface area (TPSA) is 6.48 Å². The van der Waals surface area contributed by atoms with Crippen molar-refractivity contribution in [2.75, 3.05) is 9.80 Å². The first-order valence-electron chi connectivity index (χ1n) is 23.4. The van der Waals surface area contributed by atoms with Crippen molar-refractivity contribution in [2.24, 2.45) is 23.2 Å². The SMILES string of the molecule is CC(C)(C)c1cc(N2c3ccccc3B3c4ccccc4N(c4cc(C(C)(C)C)cc(C(C)(C)C)c4)c4cc(C56CC7CC8C(C5)CC8(C7)C6)cc2c43)cc(C(C)(C)C)c1. The standard InChI is InChI=1S/C57H67BN2/c1-52(2,3)37-22-38(53(4,5)6)25-42(24-37)59-47-19-15-13-17-45(47)58-46-18-14-16-20-48(46)60(43-26-39(54(7,8)9)23-40(27-43)55(10,11)12)50-29-41(28-49(59)51(50)58)56-30-35-21-44-36(32-56)33-57(44,31-35)34-56/h13-20,22-29,35-36,44H,21,30-34H2,1-12H3. The predicted molar refractivity (Wildman–Crippen MR) is 258 cm³/mol. The van der Waals surface area contributed by atoms with Crippen LogP contribution in [0.3, 0.4) is 0 Å². The smallest absolute Gasteiger partial charge is 0.252 e. The van der Waals surface area contributed by atoms with Gasteiger partial charge in [-0.3, -0.25) is 0 Å². The molecule has 1 spiro atoms. The van der Waals surface area contributed by atoms with Crippen LogP contribution in [0.25, 0.3) is 0 Å². The van der Waals surface area contributed by atoms with Crippen LogP contribution in [-0.2, 0) is 27.1 Å². The molecule has 4 bridgehead atoms. The largest absolute Gasteiger partial charge is 0.311 e. The van der Waals surface area contributed by atoms with Crippen LogP contribution in [0.15, 0.2) is 97.1 Å². The normalized spacial score (nSPS) is 26.1. The third-order valence-corrected chi connectivity index (χ3v) is 16.6. The third kappa shape index (κ3) is 5.58. The van der Waals surface area contributed by atoms with Crippen LogP contribution >= 0.6 is 0 Å². The lowest BCUT2D eigenvalue weighted by atomic mass is 9.33. The number of hydrogen-bond donors (Lipinski definition) is 0. The van der Waals surface area contributed by atoms with Crippen molar-refractivity contribution in [3.05, 3.63) is 125 Å². The third-order valence-electron chi connectivity index (χ3n) is 16.6. The summed E-state index contributed by atoms with van der Waals surface area (Å²) in [5.41, 5.74) is 20.3. The zero-order valence-corrected chi connectivity index (χ0v) is 38.7. The lowest BCUT2D eigenvalue weighted by Crippen LogP contribution is -2.62. The molecular weight excluding hydrogens is 723 g/mol. The zero-order chi connectivity index (χ0) is 42.1. The highest BCUT2D eigenvalue weighted by Gasteiger charge is 2.70. The highest BCUT2D eigenvalue weighted by atomic mass is 15.2. The molecule has 5 aromatic carbocycles. The Balaban J connectivity index is 1.25. The molecule has 3 heteroatoms. The number of rotatable bonds is 3. The second-order valence-corrected chi connectivity index (χ2v) is 24.8. The fourth-order valence-electron chi connectivity index (χ4n) is 13.8. The lowest BCUT2D eigenvalue weighted by Gasteiger charge is -2.64. The van der Waals surface area contributed by atoms with E-state index in [1.54, 1.807) is 5.56 Å². The van der Waals surface area contributed by atoms with Gasteiger partial charge in [0.1, 0.15) is 0 Å². The van der Waals surface area contributed by atoms with E-state index in [4.69, 9.17) is 0 Å². The van der Waals surface area contributed by atoms with Gasteiger partial charge in [-0.05, 0) is 182 Å². The maximum absolute atomic E-state index is 2.75. The number of benzene rings is 5. The van der Waals surface area contributed by atoms with Gasteiger partial charge in [0.15, 0.2) is 0 Å². The van der Waals surface area contributed by atoms with Crippen molar-refractivity contribution in [3.63, 3.8) is 0 Å². The van der Waals surface area contributed by atoms with Crippen LogP contribution in [0.2, 0.25) is 0 Å². The summed E-state index contributed by atoms with van der Waals surface area (Å²) in [5, 5.41) is 0. The first kappa shape index (κ1) is 38.7. The fraction of sp³-hybridized carbons (Fsp3) is 0.474. The second-order valence-electron chi connectivity index (χ2n) is 24.8. The van der Waals surface area contributed by atoms with Crippen LogP contribution in [0.4, 0.5) is 34.1 Å². The summed E-state index contributed by atoms with van der Waals surface area (Å²) in [6.07, 6.45) is 8.56. The van der Waals surface area contributed by atoms with E-state index in [1.165, 1.54) is 111 Å². The second kappa shape index (κ2) is 12.2. The van der Waals surface area contributed by atoms with Gasteiger partial charge in [0, 0.05) is 34.1 Å². The molecule has 5 atom stereocenters. The predicted octanol–water partition coefficient (Wildman–Crippen LogP) is 13.4. The molecule has 60 heavy (non-hydrogen) atoms. The van der Waals surface area contributed by atoms with E-state index < -0.39 is 0 Å². The Labute approximate surface area is 362 Å². The minimum atomic E-state index is 0.00695. The van der Waals surface area contributed by atoms with Crippen LogP contribution in [0, 0.1) is 23.2 Å². The summed E-state index contributed by atoms with van der Waals surface area (Å²) in [5.74, 6) is 2.76. The summed E-state index contributed by atoms with van der Waals surface area (Å²) in [4.78, 5) is 5.44. The quantitative estimate of drug-likeness (QED) is 0.165. The summed E-state index contributed by atoms with van der Waals surface area (Å²) >= 11 is 0. The van der Waals surface area contributed by atoms with Gasteiger partial charge >= 0.3 is 0 Å². The molecule has 5 aromatic rings. The van der Waals surface area contributed by atoms with Gasteiger partial charge in [-0.15, -0.1) is 0 Å². The number of fused-ring (bicyclic) bond motifs is 5. The molecule has 5 unspecified atom stereocenters. The average molecular weight is 791 g/mol. The van der Waals surface area contributed by atoms with Crippen molar-refractivity contribution in [1.82, 2.24) is 0 Å². The number of anilines is 6. The van der Waals surface area contributed by atoms with Crippen molar-refractivity contribution in [3.8, 4) is 0 Å². The molecule has 308 valence electrons. The summed E-state index contributed by atoms with van der Waals surface area (Å²) < 4.78 is 0. The summed E-state index contributed by atoms with van der Waals surface area (Å²) in [7, 11) is 0. The van der Waals surface area contributed by atoms with Gasteiger partial charge in [-0.1, -0.05) is 132 Å². The Bertz CT molecular complexity index is 2390. The molecule has 2 aliphatic heterocycles. The first-order valence-corrected chi connectivity index (χ1v) is 23.4. The van der Waals surface area contributed by atoms with Gasteiger partial charge < -0.3 is 9.80 Å². The Hall–Kier alpha value is -4.24. The monoisotopic (exact) mass is 791 g/mol. The van der Waals surface area contributed by atoms with Crippen LogP contribution in [0.1, 0.15) is 149 Å².